The average molecular weight is 765 g/mol. The molecule has 3 fully saturated rings. The van der Waals surface area contributed by atoms with Gasteiger partial charge in [0.15, 0.2) is 5.78 Å². The third kappa shape index (κ3) is 5.26. The fourth-order valence-corrected chi connectivity index (χ4v) is 9.63. The van der Waals surface area contributed by atoms with Gasteiger partial charge >= 0.3 is 0 Å². The first kappa shape index (κ1) is 35.6. The minimum atomic E-state index is -1.53. The van der Waals surface area contributed by atoms with Gasteiger partial charge in [0, 0.05) is 16.5 Å². The summed E-state index contributed by atoms with van der Waals surface area (Å²) < 4.78 is 5.47. The largest absolute Gasteiger partial charge is 0.508 e. The van der Waals surface area contributed by atoms with E-state index in [1.165, 1.54) is 17.9 Å². The summed E-state index contributed by atoms with van der Waals surface area (Å²) in [5.74, 6) is -5.17. The summed E-state index contributed by atoms with van der Waals surface area (Å²) in [7, 11) is 1.54. The predicted octanol–water partition coefficient (Wildman–Crippen LogP) is 7.41. The number of hydrazine groups is 1. The normalized spacial score (nSPS) is 25.9. The molecular weight excluding hydrogens is 729 g/mol. The van der Waals surface area contributed by atoms with Gasteiger partial charge in [-0.05, 0) is 110 Å². The molecule has 4 aliphatic rings. The lowest BCUT2D eigenvalue weighted by Gasteiger charge is -2.50. The third-order valence-electron chi connectivity index (χ3n) is 11.7. The number of carbonyl (C=O) groups excluding carboxylic acids is 5. The highest BCUT2D eigenvalue weighted by molar-refractivity contribution is 6.36. The summed E-state index contributed by atoms with van der Waals surface area (Å²) in [5.41, 5.74) is 5.15. The van der Waals surface area contributed by atoms with Gasteiger partial charge in [-0.3, -0.25) is 34.3 Å². The van der Waals surface area contributed by atoms with Crippen LogP contribution in [0.2, 0.25) is 10.0 Å². The van der Waals surface area contributed by atoms with Gasteiger partial charge in [0.05, 0.1) is 46.7 Å². The Morgan fingerprint density at radius 2 is 1.61 bits per heavy atom. The van der Waals surface area contributed by atoms with E-state index < -0.39 is 52.7 Å². The second-order valence-corrected chi connectivity index (χ2v) is 15.2. The first-order chi connectivity index (χ1) is 25.9. The number of anilines is 2. The number of hydrogen-bond acceptors (Lipinski definition) is 8. The topological polar surface area (TPSA) is 133 Å². The molecule has 8 rings (SSSR count). The molecule has 2 heterocycles. The maximum absolute atomic E-state index is 15.4. The molecule has 4 aromatic rings. The number of nitrogens with zero attached hydrogens (tertiary/aromatic N) is 2. The van der Waals surface area contributed by atoms with Crippen molar-refractivity contribution in [2.24, 2.45) is 23.7 Å². The van der Waals surface area contributed by atoms with E-state index >= 15 is 4.79 Å². The number of aromatic hydroxyl groups is 1. The number of phenolic OH excluding ortho intramolecular Hbond substituents is 1. The van der Waals surface area contributed by atoms with Gasteiger partial charge in [0.1, 0.15) is 11.5 Å². The van der Waals surface area contributed by atoms with Crippen molar-refractivity contribution >= 4 is 64.0 Å². The van der Waals surface area contributed by atoms with Crippen molar-refractivity contribution < 1.29 is 33.8 Å². The maximum atomic E-state index is 15.4. The highest BCUT2D eigenvalue weighted by Gasteiger charge is 2.70. The lowest BCUT2D eigenvalue weighted by molar-refractivity contribution is -0.138. The number of imide groups is 2. The number of Topliss-reactive ketones (excluding diaryl/α,β-unsaturated/α-hetero) is 1. The van der Waals surface area contributed by atoms with Crippen LogP contribution >= 0.6 is 23.2 Å². The van der Waals surface area contributed by atoms with Gasteiger partial charge < -0.3 is 9.84 Å². The van der Waals surface area contributed by atoms with E-state index in [4.69, 9.17) is 27.9 Å². The quantitative estimate of drug-likeness (QED) is 0.113. The van der Waals surface area contributed by atoms with Crippen molar-refractivity contribution in [2.45, 2.75) is 38.0 Å². The van der Waals surface area contributed by atoms with E-state index in [9.17, 15) is 24.3 Å². The smallest absolute Gasteiger partial charge is 0.260 e. The van der Waals surface area contributed by atoms with Gasteiger partial charge in [-0.25, -0.2) is 0 Å². The van der Waals surface area contributed by atoms with Gasteiger partial charge in [0.2, 0.25) is 11.8 Å². The lowest BCUT2D eigenvalue weighted by atomic mass is 9.49. The molecule has 0 aromatic heterocycles. The zero-order valence-corrected chi connectivity index (χ0v) is 31.0. The van der Waals surface area contributed by atoms with Crippen LogP contribution in [0.5, 0.6) is 11.5 Å². The van der Waals surface area contributed by atoms with Crippen LogP contribution in [0.4, 0.5) is 11.4 Å². The number of fused-ring (bicyclic) bond motifs is 4. The number of halogens is 2. The van der Waals surface area contributed by atoms with Crippen molar-refractivity contribution in [3.8, 4) is 11.5 Å². The van der Waals surface area contributed by atoms with Crippen molar-refractivity contribution in [1.82, 2.24) is 5.01 Å². The number of benzene rings is 4. The summed E-state index contributed by atoms with van der Waals surface area (Å²) >= 11 is 12.7. The number of phenols is 1. The molecule has 10 nitrogen and oxygen atoms in total. The molecule has 0 spiro atoms. The van der Waals surface area contributed by atoms with Crippen molar-refractivity contribution in [1.29, 1.82) is 0 Å². The number of aryl methyl sites for hydroxylation is 1. The second kappa shape index (κ2) is 13.1. The Morgan fingerprint density at radius 1 is 0.889 bits per heavy atom. The highest BCUT2D eigenvalue weighted by atomic mass is 35.5. The summed E-state index contributed by atoms with van der Waals surface area (Å²) in [6.07, 6.45) is 2.31. The molecule has 6 atom stereocenters. The summed E-state index contributed by atoms with van der Waals surface area (Å²) in [6, 6.07) is 23.3. The van der Waals surface area contributed by atoms with Crippen molar-refractivity contribution in [2.75, 3.05) is 17.4 Å². The van der Waals surface area contributed by atoms with E-state index in [2.05, 4.69) is 5.43 Å². The van der Waals surface area contributed by atoms with Crippen LogP contribution in [0.25, 0.3) is 0 Å². The van der Waals surface area contributed by atoms with Gasteiger partial charge in [0.25, 0.3) is 11.8 Å². The zero-order chi connectivity index (χ0) is 38.2. The summed E-state index contributed by atoms with van der Waals surface area (Å²) in [4.78, 5) is 72.1. The maximum Gasteiger partial charge on any atom is 0.260 e. The molecule has 6 unspecified atom stereocenters. The highest BCUT2D eigenvalue weighted by Crippen LogP contribution is 2.64. The number of ether oxygens (including phenoxy) is 1. The Bertz CT molecular complexity index is 2310. The third-order valence-corrected chi connectivity index (χ3v) is 12.2. The van der Waals surface area contributed by atoms with Crippen LogP contribution in [0.1, 0.15) is 52.7 Å². The number of methoxy groups -OCH3 is 1. The number of carbonyl (C=O) groups is 5. The Balaban J connectivity index is 1.31. The molecule has 1 saturated carbocycles. The van der Waals surface area contributed by atoms with Crippen LogP contribution < -0.4 is 15.1 Å². The van der Waals surface area contributed by atoms with Crippen molar-refractivity contribution in [3.63, 3.8) is 0 Å². The molecule has 0 radical (unpaired) electrons. The number of ketones is 1. The molecule has 2 aliphatic carbocycles. The lowest BCUT2D eigenvalue weighted by Crippen LogP contribution is -2.53. The molecular formula is C42H35Cl2N3O7. The standard InChI is InChI=1S/C42H35Cl2N3O7/c1-21-18-24(6-17-35(21)49)37-29-14-15-30-36(40(52)46(38(30)50)27-10-4-23(5-11-27)22(2)48)31(29)20-32-39(51)47(45-34-16-9-26(43)19-33(34)44)41(53)42(32,37)25-7-12-28(54-3)13-8-25/h4-14,16-19,30-32,36-37,45,49H,15,20H2,1-3H3. The molecule has 54 heavy (non-hydrogen) atoms. The van der Waals surface area contributed by atoms with Gasteiger partial charge in [-0.2, -0.15) is 5.01 Å². The minimum Gasteiger partial charge on any atom is -0.508 e. The Morgan fingerprint density at radius 3 is 2.26 bits per heavy atom. The summed E-state index contributed by atoms with van der Waals surface area (Å²) in [6.45, 7) is 3.20. The number of amides is 4. The summed E-state index contributed by atoms with van der Waals surface area (Å²) in [5, 5.41) is 12.2. The van der Waals surface area contributed by atoms with E-state index in [1.54, 1.807) is 86.8 Å². The Hall–Kier alpha value is -5.45. The Labute approximate surface area is 321 Å². The van der Waals surface area contributed by atoms with Crippen LogP contribution in [-0.4, -0.2) is 46.6 Å². The molecule has 2 N–H and O–H groups in total. The molecule has 2 aliphatic heterocycles. The Kier molecular flexibility index (Phi) is 8.66. The number of allylic oxidation sites excluding steroid dienone is 2. The SMILES string of the molecule is COc1ccc(C23C(=O)N(Nc4ccc(Cl)cc4Cl)C(=O)C2CC2C(=CCC4C(=O)N(c5ccc(C(C)=O)cc5)C(=O)C42)C3c2ccc(O)c(C)c2)cc1. The predicted molar refractivity (Wildman–Crippen MR) is 202 cm³/mol. The second-order valence-electron chi connectivity index (χ2n) is 14.4. The van der Waals surface area contributed by atoms with E-state index in [-0.39, 0.29) is 35.3 Å². The van der Waals surface area contributed by atoms with Crippen LogP contribution in [-0.2, 0) is 24.6 Å². The van der Waals surface area contributed by atoms with E-state index in [1.807, 2.05) is 12.1 Å². The van der Waals surface area contributed by atoms with Crippen molar-refractivity contribution in [3.05, 3.63) is 129 Å². The van der Waals surface area contributed by atoms with Crippen LogP contribution in [0, 0.1) is 30.6 Å². The number of nitrogens with one attached hydrogen (secondary N) is 1. The van der Waals surface area contributed by atoms with Gasteiger partial charge in [-0.15, -0.1) is 0 Å². The van der Waals surface area contributed by atoms with Crippen LogP contribution in [0.3, 0.4) is 0 Å². The molecule has 4 aromatic carbocycles. The minimum absolute atomic E-state index is 0.0661. The molecule has 12 heteroatoms. The molecule has 2 saturated heterocycles. The first-order valence-electron chi connectivity index (χ1n) is 17.6. The van der Waals surface area contributed by atoms with E-state index in [0.717, 1.165) is 10.6 Å². The average Bonchev–Trinajstić information content (AvgIpc) is 3.54. The monoisotopic (exact) mass is 763 g/mol. The van der Waals surface area contributed by atoms with E-state index in [0.29, 0.717) is 44.4 Å². The molecule has 4 amide bonds. The first-order valence-corrected chi connectivity index (χ1v) is 18.3. The zero-order valence-electron chi connectivity index (χ0n) is 29.5. The fourth-order valence-electron chi connectivity index (χ4n) is 9.18. The van der Waals surface area contributed by atoms with Crippen LogP contribution in [0.15, 0.2) is 96.6 Å². The van der Waals surface area contributed by atoms with Gasteiger partial charge in [-0.1, -0.05) is 59.1 Å². The number of hydrogen-bond donors (Lipinski definition) is 2. The molecule has 0 bridgehead atoms. The number of rotatable bonds is 7. The molecule has 274 valence electrons. The fraction of sp³-hybridized carbons (Fsp3) is 0.262.